The third-order valence-electron chi connectivity index (χ3n) is 2.86. The zero-order chi connectivity index (χ0) is 13.0. The van der Waals surface area contributed by atoms with Crippen molar-refractivity contribution in [1.82, 2.24) is 4.98 Å². The fourth-order valence-corrected chi connectivity index (χ4v) is 2.02. The Bertz CT molecular complexity index is 497. The average molecular weight is 265 g/mol. The first kappa shape index (κ1) is 13.0. The molecule has 0 aromatic carbocycles. The van der Waals surface area contributed by atoms with E-state index in [1.54, 1.807) is 12.3 Å². The van der Waals surface area contributed by atoms with Gasteiger partial charge in [0, 0.05) is 12.5 Å². The molecule has 1 atom stereocenters. The van der Waals surface area contributed by atoms with Crippen LogP contribution >= 0.6 is 11.6 Å². The van der Waals surface area contributed by atoms with Crippen molar-refractivity contribution in [3.63, 3.8) is 0 Å². The van der Waals surface area contributed by atoms with E-state index in [4.69, 9.17) is 16.0 Å². The zero-order valence-corrected chi connectivity index (χ0v) is 11.4. The summed E-state index contributed by atoms with van der Waals surface area (Å²) in [4.78, 5) is 4.22. The molecule has 2 aromatic rings. The van der Waals surface area contributed by atoms with Gasteiger partial charge in [-0.3, -0.25) is 0 Å². The van der Waals surface area contributed by atoms with E-state index >= 15 is 0 Å². The lowest BCUT2D eigenvalue weighted by atomic mass is 10.1. The van der Waals surface area contributed by atoms with Crippen LogP contribution in [-0.4, -0.2) is 11.0 Å². The van der Waals surface area contributed by atoms with E-state index in [0.717, 1.165) is 30.0 Å². The molecule has 0 spiro atoms. The van der Waals surface area contributed by atoms with Crippen molar-refractivity contribution < 1.29 is 4.42 Å². The van der Waals surface area contributed by atoms with Gasteiger partial charge < -0.3 is 9.73 Å². The molecule has 0 saturated carbocycles. The minimum absolute atomic E-state index is 0.358. The third-order valence-corrected chi connectivity index (χ3v) is 3.07. The molecule has 0 aliphatic heterocycles. The van der Waals surface area contributed by atoms with Crippen molar-refractivity contribution in [3.05, 3.63) is 47.1 Å². The highest BCUT2D eigenvalue weighted by Crippen LogP contribution is 2.18. The first-order valence-electron chi connectivity index (χ1n) is 6.07. The molecule has 0 bridgehead atoms. The SMILES string of the molecule is Cc1nc(Cl)ccc1NC(C)CCc1ccco1. The maximum atomic E-state index is 5.83. The molecule has 1 N–H and O–H groups in total. The van der Waals surface area contributed by atoms with E-state index in [1.807, 2.05) is 25.1 Å². The summed E-state index contributed by atoms with van der Waals surface area (Å²) in [6.45, 7) is 4.10. The van der Waals surface area contributed by atoms with Crippen LogP contribution in [0.2, 0.25) is 5.15 Å². The van der Waals surface area contributed by atoms with Crippen molar-refractivity contribution in [1.29, 1.82) is 0 Å². The minimum atomic E-state index is 0.358. The van der Waals surface area contributed by atoms with Gasteiger partial charge in [0.15, 0.2) is 0 Å². The molecule has 0 fully saturated rings. The second-order valence-corrected chi connectivity index (χ2v) is 4.82. The summed E-state index contributed by atoms with van der Waals surface area (Å²) in [6.07, 6.45) is 3.65. The Morgan fingerprint density at radius 3 is 2.89 bits per heavy atom. The lowest BCUT2D eigenvalue weighted by Gasteiger charge is -2.16. The van der Waals surface area contributed by atoms with Crippen LogP contribution in [0.5, 0.6) is 0 Å². The molecule has 96 valence electrons. The Morgan fingerprint density at radius 1 is 1.39 bits per heavy atom. The van der Waals surface area contributed by atoms with Gasteiger partial charge >= 0.3 is 0 Å². The molecule has 2 heterocycles. The summed E-state index contributed by atoms with van der Waals surface area (Å²) >= 11 is 5.83. The Morgan fingerprint density at radius 2 is 2.22 bits per heavy atom. The molecule has 3 nitrogen and oxygen atoms in total. The van der Waals surface area contributed by atoms with E-state index < -0.39 is 0 Å². The van der Waals surface area contributed by atoms with Crippen molar-refractivity contribution in [3.8, 4) is 0 Å². The molecule has 2 rings (SSSR count). The molecule has 18 heavy (non-hydrogen) atoms. The molecule has 0 aliphatic rings. The van der Waals surface area contributed by atoms with Gasteiger partial charge in [-0.25, -0.2) is 4.98 Å². The van der Waals surface area contributed by atoms with Crippen LogP contribution in [0, 0.1) is 6.92 Å². The van der Waals surface area contributed by atoms with Crippen LogP contribution in [-0.2, 0) is 6.42 Å². The Hall–Kier alpha value is -1.48. The Kier molecular flexibility index (Phi) is 4.26. The summed E-state index contributed by atoms with van der Waals surface area (Å²) in [7, 11) is 0. The highest BCUT2D eigenvalue weighted by atomic mass is 35.5. The summed E-state index contributed by atoms with van der Waals surface area (Å²) in [6, 6.07) is 8.05. The molecular weight excluding hydrogens is 248 g/mol. The zero-order valence-electron chi connectivity index (χ0n) is 10.6. The molecule has 0 saturated heterocycles. The quantitative estimate of drug-likeness (QED) is 0.828. The summed E-state index contributed by atoms with van der Waals surface area (Å²) in [5.41, 5.74) is 1.96. The smallest absolute Gasteiger partial charge is 0.129 e. The van der Waals surface area contributed by atoms with Gasteiger partial charge in [-0.05, 0) is 44.5 Å². The topological polar surface area (TPSA) is 38.1 Å². The molecule has 0 radical (unpaired) electrons. The van der Waals surface area contributed by atoms with Gasteiger partial charge in [-0.1, -0.05) is 11.6 Å². The minimum Gasteiger partial charge on any atom is -0.469 e. The first-order valence-corrected chi connectivity index (χ1v) is 6.45. The van der Waals surface area contributed by atoms with Gasteiger partial charge in [0.2, 0.25) is 0 Å². The highest BCUT2D eigenvalue weighted by molar-refractivity contribution is 6.29. The normalized spacial score (nSPS) is 12.4. The third kappa shape index (κ3) is 3.50. The molecular formula is C14H17ClN2O. The largest absolute Gasteiger partial charge is 0.469 e. The number of nitrogens with one attached hydrogen (secondary N) is 1. The Labute approximate surface area is 112 Å². The first-order chi connectivity index (χ1) is 8.65. The van der Waals surface area contributed by atoms with E-state index in [-0.39, 0.29) is 0 Å². The van der Waals surface area contributed by atoms with Gasteiger partial charge in [0.1, 0.15) is 10.9 Å². The summed E-state index contributed by atoms with van der Waals surface area (Å²) in [5.74, 6) is 1.02. The van der Waals surface area contributed by atoms with E-state index in [0.29, 0.717) is 11.2 Å². The lowest BCUT2D eigenvalue weighted by Crippen LogP contribution is -2.16. The maximum absolute atomic E-state index is 5.83. The van der Waals surface area contributed by atoms with Crippen molar-refractivity contribution >= 4 is 17.3 Å². The van der Waals surface area contributed by atoms with Gasteiger partial charge in [-0.2, -0.15) is 0 Å². The highest BCUT2D eigenvalue weighted by Gasteiger charge is 2.07. The maximum Gasteiger partial charge on any atom is 0.129 e. The second-order valence-electron chi connectivity index (χ2n) is 4.43. The number of nitrogens with zero attached hydrogens (tertiary/aromatic N) is 1. The summed E-state index contributed by atoms with van der Waals surface area (Å²) < 4.78 is 5.32. The van der Waals surface area contributed by atoms with E-state index in [1.165, 1.54) is 0 Å². The van der Waals surface area contributed by atoms with Gasteiger partial charge in [0.05, 0.1) is 17.6 Å². The average Bonchev–Trinajstić information content (AvgIpc) is 2.83. The van der Waals surface area contributed by atoms with E-state index in [9.17, 15) is 0 Å². The standard InChI is InChI=1S/C14H17ClN2O/c1-10(5-6-12-4-3-9-18-12)16-13-7-8-14(15)17-11(13)2/h3-4,7-10,16H,5-6H2,1-2H3. The number of aryl methyl sites for hydroxylation is 2. The predicted molar refractivity (Wildman–Crippen MR) is 74.1 cm³/mol. The molecule has 1 unspecified atom stereocenters. The number of hydrogen-bond acceptors (Lipinski definition) is 3. The van der Waals surface area contributed by atoms with Crippen LogP contribution in [0.15, 0.2) is 34.9 Å². The predicted octanol–water partition coefficient (Wildman–Crippen LogP) is 4.07. The van der Waals surface area contributed by atoms with Crippen LogP contribution in [0.25, 0.3) is 0 Å². The van der Waals surface area contributed by atoms with Crippen LogP contribution in [0.3, 0.4) is 0 Å². The molecule has 0 aliphatic carbocycles. The monoisotopic (exact) mass is 264 g/mol. The Balaban J connectivity index is 1.88. The molecule has 4 heteroatoms. The van der Waals surface area contributed by atoms with Crippen molar-refractivity contribution in [2.45, 2.75) is 32.7 Å². The van der Waals surface area contributed by atoms with Gasteiger partial charge in [-0.15, -0.1) is 0 Å². The van der Waals surface area contributed by atoms with E-state index in [2.05, 4.69) is 17.2 Å². The number of rotatable bonds is 5. The fraction of sp³-hybridized carbons (Fsp3) is 0.357. The van der Waals surface area contributed by atoms with Crippen molar-refractivity contribution in [2.24, 2.45) is 0 Å². The van der Waals surface area contributed by atoms with Gasteiger partial charge in [0.25, 0.3) is 0 Å². The number of halogens is 1. The number of pyridine rings is 1. The number of anilines is 1. The van der Waals surface area contributed by atoms with Crippen LogP contribution < -0.4 is 5.32 Å². The second kappa shape index (κ2) is 5.91. The number of furan rings is 1. The van der Waals surface area contributed by atoms with Crippen molar-refractivity contribution in [2.75, 3.05) is 5.32 Å². The fourth-order valence-electron chi connectivity index (χ4n) is 1.83. The molecule has 2 aromatic heterocycles. The number of aromatic nitrogens is 1. The number of hydrogen-bond donors (Lipinski definition) is 1. The molecule has 0 amide bonds. The summed E-state index contributed by atoms with van der Waals surface area (Å²) in [5, 5.41) is 3.97. The lowest BCUT2D eigenvalue weighted by molar-refractivity contribution is 0.495. The van der Waals surface area contributed by atoms with Crippen LogP contribution in [0.4, 0.5) is 5.69 Å². The van der Waals surface area contributed by atoms with Crippen LogP contribution in [0.1, 0.15) is 24.8 Å².